The Balaban J connectivity index is 1.69. The van der Waals surface area contributed by atoms with E-state index in [1.807, 2.05) is 13.0 Å². The normalized spacial score (nSPS) is 16.9. The summed E-state index contributed by atoms with van der Waals surface area (Å²) in [5, 5.41) is 7.76. The van der Waals surface area contributed by atoms with Gasteiger partial charge >= 0.3 is 0 Å². The van der Waals surface area contributed by atoms with Crippen LogP contribution in [0.5, 0.6) is 5.75 Å². The number of methoxy groups -OCH3 is 1. The Morgan fingerprint density at radius 1 is 1.21 bits per heavy atom. The van der Waals surface area contributed by atoms with Crippen LogP contribution >= 0.6 is 0 Å². The molecule has 1 N–H and O–H groups in total. The summed E-state index contributed by atoms with van der Waals surface area (Å²) >= 11 is 0. The molecule has 4 rings (SSSR count). The molecule has 11 heteroatoms. The van der Waals surface area contributed by atoms with Crippen molar-refractivity contribution in [1.29, 1.82) is 0 Å². The lowest BCUT2D eigenvalue weighted by molar-refractivity contribution is 0.413. The second-order valence-corrected chi connectivity index (χ2v) is 9.28. The van der Waals surface area contributed by atoms with Gasteiger partial charge in [-0.05, 0) is 36.6 Å². The zero-order chi connectivity index (χ0) is 24.3. The van der Waals surface area contributed by atoms with Crippen molar-refractivity contribution in [3.63, 3.8) is 0 Å². The van der Waals surface area contributed by atoms with Crippen LogP contribution < -0.4 is 9.46 Å². The van der Waals surface area contributed by atoms with E-state index >= 15 is 4.39 Å². The molecule has 0 saturated heterocycles. The molecule has 8 nitrogen and oxygen atoms in total. The summed E-state index contributed by atoms with van der Waals surface area (Å²) in [5.74, 6) is -1.64. The van der Waals surface area contributed by atoms with E-state index in [0.717, 1.165) is 16.8 Å². The number of rotatable bonds is 6. The van der Waals surface area contributed by atoms with Crippen molar-refractivity contribution in [3.8, 4) is 22.7 Å². The van der Waals surface area contributed by atoms with Crippen molar-refractivity contribution < 1.29 is 21.9 Å². The fraction of sp³-hybridized carbons (Fsp3) is 0.174. The third kappa shape index (κ3) is 4.88. The number of pyridine rings is 1. The third-order valence-corrected chi connectivity index (χ3v) is 6.43. The standard InChI is InChI=1S/C23H21F2N5O3S/c1-15-6-4-3-5-7-18(10-15)34(31,32)28-20-9-8-19(24)23(22(20)25)30-14-21(27-29-30)16-11-17(33-2)13-26-12-16/h3-5,7-15,28H,6H2,1-2H3/b4-3+,7-5?,18-10?. The van der Waals surface area contributed by atoms with E-state index < -0.39 is 33.0 Å². The van der Waals surface area contributed by atoms with Crippen LogP contribution in [-0.2, 0) is 10.0 Å². The molecule has 0 fully saturated rings. The fourth-order valence-corrected chi connectivity index (χ4v) is 4.55. The first-order valence-corrected chi connectivity index (χ1v) is 11.7. The van der Waals surface area contributed by atoms with E-state index in [1.54, 1.807) is 24.3 Å². The van der Waals surface area contributed by atoms with Crippen LogP contribution in [0.25, 0.3) is 16.9 Å². The first-order valence-electron chi connectivity index (χ1n) is 10.3. The van der Waals surface area contributed by atoms with Gasteiger partial charge in [-0.25, -0.2) is 21.9 Å². The molecule has 1 aliphatic rings. The highest BCUT2D eigenvalue weighted by Gasteiger charge is 2.23. The summed E-state index contributed by atoms with van der Waals surface area (Å²) in [6, 6.07) is 3.62. The molecular formula is C23H21F2N5O3S. The minimum absolute atomic E-state index is 0.0109. The number of benzene rings is 1. The molecule has 2 aromatic heterocycles. The average molecular weight is 486 g/mol. The molecule has 1 aliphatic carbocycles. The number of nitrogens with zero attached hydrogens (tertiary/aromatic N) is 4. The first kappa shape index (κ1) is 23.3. The number of halogens is 2. The molecule has 34 heavy (non-hydrogen) atoms. The molecule has 0 saturated carbocycles. The molecule has 176 valence electrons. The van der Waals surface area contributed by atoms with Crippen LogP contribution in [0.15, 0.2) is 72.1 Å². The largest absolute Gasteiger partial charge is 0.495 e. The lowest BCUT2D eigenvalue weighted by Crippen LogP contribution is -2.17. The Hall–Kier alpha value is -3.86. The van der Waals surface area contributed by atoms with Crippen LogP contribution in [0, 0.1) is 17.6 Å². The highest BCUT2D eigenvalue weighted by Crippen LogP contribution is 2.28. The Kier molecular flexibility index (Phi) is 6.55. The molecule has 1 atom stereocenters. The Morgan fingerprint density at radius 3 is 2.82 bits per heavy atom. The number of hydrogen-bond donors (Lipinski definition) is 1. The van der Waals surface area contributed by atoms with E-state index in [2.05, 4.69) is 20.0 Å². The van der Waals surface area contributed by atoms with Crippen molar-refractivity contribution >= 4 is 15.7 Å². The maximum atomic E-state index is 15.3. The Labute approximate surface area is 195 Å². The van der Waals surface area contributed by atoms with E-state index in [9.17, 15) is 12.8 Å². The van der Waals surface area contributed by atoms with Crippen molar-refractivity contribution in [2.45, 2.75) is 13.3 Å². The summed E-state index contributed by atoms with van der Waals surface area (Å²) in [5.41, 5.74) is -0.179. The second kappa shape index (κ2) is 9.56. The highest BCUT2D eigenvalue weighted by molar-refractivity contribution is 7.96. The SMILES string of the molecule is COc1cncc(-c2cn(-c3c(F)ccc(NS(=O)(=O)C4=CC(C)C/C=C/C=C4)c3F)nn2)c1. The predicted molar refractivity (Wildman–Crippen MR) is 124 cm³/mol. The molecule has 0 bridgehead atoms. The number of ether oxygens (including phenoxy) is 1. The van der Waals surface area contributed by atoms with E-state index in [4.69, 9.17) is 4.74 Å². The number of hydrogen-bond acceptors (Lipinski definition) is 6. The average Bonchev–Trinajstić information content (AvgIpc) is 3.28. The number of nitrogens with one attached hydrogen (secondary N) is 1. The van der Waals surface area contributed by atoms with Gasteiger partial charge in [-0.1, -0.05) is 36.4 Å². The van der Waals surface area contributed by atoms with Crippen LogP contribution in [0.4, 0.5) is 14.5 Å². The maximum absolute atomic E-state index is 15.3. The second-order valence-electron chi connectivity index (χ2n) is 7.59. The molecule has 0 aliphatic heterocycles. The minimum Gasteiger partial charge on any atom is -0.495 e. The number of sulfonamides is 1. The van der Waals surface area contributed by atoms with E-state index in [0.29, 0.717) is 23.4 Å². The Bertz CT molecular complexity index is 1410. The molecule has 1 aromatic carbocycles. The van der Waals surface area contributed by atoms with Gasteiger partial charge in [-0.3, -0.25) is 9.71 Å². The quantitative estimate of drug-likeness (QED) is 0.556. The van der Waals surface area contributed by atoms with Crippen LogP contribution in [0.1, 0.15) is 13.3 Å². The summed E-state index contributed by atoms with van der Waals surface area (Å²) in [4.78, 5) is 4.01. The van der Waals surface area contributed by atoms with Crippen molar-refractivity contribution in [3.05, 3.63) is 83.7 Å². The molecular weight excluding hydrogens is 464 g/mol. The van der Waals surface area contributed by atoms with Gasteiger partial charge in [0, 0.05) is 11.8 Å². The van der Waals surface area contributed by atoms with E-state index in [1.165, 1.54) is 31.8 Å². The number of anilines is 1. The van der Waals surface area contributed by atoms with Gasteiger partial charge in [0.25, 0.3) is 10.0 Å². The lowest BCUT2D eigenvalue weighted by Gasteiger charge is -2.14. The molecule has 3 aromatic rings. The van der Waals surface area contributed by atoms with Crippen molar-refractivity contribution in [2.24, 2.45) is 5.92 Å². The highest BCUT2D eigenvalue weighted by atomic mass is 32.2. The fourth-order valence-electron chi connectivity index (χ4n) is 3.31. The Morgan fingerprint density at radius 2 is 2.03 bits per heavy atom. The van der Waals surface area contributed by atoms with Crippen LogP contribution in [0.2, 0.25) is 0 Å². The zero-order valence-corrected chi connectivity index (χ0v) is 19.1. The lowest BCUT2D eigenvalue weighted by atomic mass is 10.1. The van der Waals surface area contributed by atoms with Crippen molar-refractivity contribution in [1.82, 2.24) is 20.0 Å². The minimum atomic E-state index is -4.13. The first-order chi connectivity index (χ1) is 16.3. The summed E-state index contributed by atoms with van der Waals surface area (Å²) < 4.78 is 64.1. The van der Waals surface area contributed by atoms with Crippen molar-refractivity contribution in [2.75, 3.05) is 11.8 Å². The monoisotopic (exact) mass is 485 g/mol. The molecule has 0 spiro atoms. The molecule has 1 unspecified atom stereocenters. The van der Waals surface area contributed by atoms with Gasteiger partial charge in [0.2, 0.25) is 0 Å². The summed E-state index contributed by atoms with van der Waals surface area (Å²) in [7, 11) is -2.65. The van der Waals surface area contributed by atoms with Gasteiger partial charge in [0.15, 0.2) is 11.6 Å². The number of allylic oxidation sites excluding steroid dienone is 5. The van der Waals surface area contributed by atoms with Gasteiger partial charge in [0.1, 0.15) is 17.1 Å². The van der Waals surface area contributed by atoms with E-state index in [-0.39, 0.29) is 10.8 Å². The third-order valence-electron chi connectivity index (χ3n) is 5.05. The van der Waals surface area contributed by atoms with Crippen LogP contribution in [-0.4, -0.2) is 35.5 Å². The zero-order valence-electron chi connectivity index (χ0n) is 18.3. The maximum Gasteiger partial charge on any atom is 0.261 e. The van der Waals surface area contributed by atoms with Gasteiger partial charge in [-0.2, -0.15) is 0 Å². The molecule has 0 radical (unpaired) electrons. The summed E-state index contributed by atoms with van der Waals surface area (Å²) in [6.45, 7) is 1.87. The van der Waals surface area contributed by atoms with Gasteiger partial charge < -0.3 is 4.74 Å². The smallest absolute Gasteiger partial charge is 0.261 e. The van der Waals surface area contributed by atoms with Crippen LogP contribution in [0.3, 0.4) is 0 Å². The summed E-state index contributed by atoms with van der Waals surface area (Å²) in [6.07, 6.45) is 13.2. The molecule has 0 amide bonds. The topological polar surface area (TPSA) is 99.0 Å². The van der Waals surface area contributed by atoms with Gasteiger partial charge in [0.05, 0.1) is 30.1 Å². The van der Waals surface area contributed by atoms with Gasteiger partial charge in [-0.15, -0.1) is 5.10 Å². The number of aromatic nitrogens is 4. The predicted octanol–water partition coefficient (Wildman–Crippen LogP) is 4.39. The molecule has 2 heterocycles.